The fraction of sp³-hybridized carbons (Fsp3) is 0.500. The summed E-state index contributed by atoms with van der Waals surface area (Å²) in [5, 5.41) is 8.85. The number of nitrogens with zero attached hydrogens (tertiary/aromatic N) is 1. The molecule has 0 bridgehead atoms. The first-order chi connectivity index (χ1) is 11.1. The number of rotatable bonds is 4. The van der Waals surface area contributed by atoms with Crippen molar-refractivity contribution in [3.63, 3.8) is 0 Å². The Morgan fingerprint density at radius 3 is 2.21 bits per heavy atom. The molecule has 0 spiro atoms. The quantitative estimate of drug-likeness (QED) is 0.850. The topological polar surface area (TPSA) is 66.8 Å². The molecule has 1 saturated heterocycles. The molecule has 1 aromatic carbocycles. The lowest BCUT2D eigenvalue weighted by atomic mass is 9.93. The number of carbonyl (C=O) groups excluding carboxylic acids is 1. The lowest BCUT2D eigenvalue weighted by Gasteiger charge is -2.38. The number of carboxylic acid groups (broad SMARTS) is 1. The molecular formula is C16H18F3NO4. The van der Waals surface area contributed by atoms with Crippen molar-refractivity contribution in [2.75, 3.05) is 13.1 Å². The average molecular weight is 345 g/mol. The van der Waals surface area contributed by atoms with E-state index in [-0.39, 0.29) is 5.56 Å². The molecule has 0 radical (unpaired) electrons. The van der Waals surface area contributed by atoms with Gasteiger partial charge in [-0.2, -0.15) is 13.2 Å². The van der Waals surface area contributed by atoms with Gasteiger partial charge in [0.2, 0.25) is 0 Å². The normalized spacial score (nSPS) is 18.2. The maximum absolute atomic E-state index is 12.3. The van der Waals surface area contributed by atoms with E-state index in [1.165, 1.54) is 19.1 Å². The van der Waals surface area contributed by atoms with Gasteiger partial charge in [-0.1, -0.05) is 12.1 Å². The van der Waals surface area contributed by atoms with Crippen molar-refractivity contribution in [3.8, 4) is 0 Å². The number of halogens is 3. The minimum Gasteiger partial charge on any atom is -0.478 e. The van der Waals surface area contributed by atoms with Crippen LogP contribution in [0.3, 0.4) is 0 Å². The molecule has 2 rings (SSSR count). The van der Waals surface area contributed by atoms with Crippen molar-refractivity contribution in [2.45, 2.75) is 38.1 Å². The second-order valence-corrected chi connectivity index (χ2v) is 6.12. The average Bonchev–Trinajstić information content (AvgIpc) is 2.49. The third-order valence-corrected chi connectivity index (χ3v) is 4.09. The summed E-state index contributed by atoms with van der Waals surface area (Å²) in [6.07, 6.45) is -4.36. The Bertz CT molecular complexity index is 605. The molecule has 0 unspecified atom stereocenters. The van der Waals surface area contributed by atoms with Gasteiger partial charge in [-0.3, -0.25) is 4.90 Å². The highest BCUT2D eigenvalue weighted by molar-refractivity contribution is 5.87. The summed E-state index contributed by atoms with van der Waals surface area (Å²) in [6.45, 7) is 3.05. The maximum atomic E-state index is 12.3. The first-order valence-electron chi connectivity index (χ1n) is 7.44. The number of carboxylic acids is 1. The van der Waals surface area contributed by atoms with Gasteiger partial charge in [-0.15, -0.1) is 0 Å². The smallest absolute Gasteiger partial charge is 0.478 e. The van der Waals surface area contributed by atoms with Crippen LogP contribution in [-0.2, 0) is 16.1 Å². The highest BCUT2D eigenvalue weighted by Crippen LogP contribution is 2.30. The van der Waals surface area contributed by atoms with Crippen molar-refractivity contribution in [3.05, 3.63) is 35.4 Å². The van der Waals surface area contributed by atoms with Crippen LogP contribution in [0.1, 0.15) is 35.7 Å². The van der Waals surface area contributed by atoms with Gasteiger partial charge in [0.15, 0.2) is 0 Å². The summed E-state index contributed by atoms with van der Waals surface area (Å²) in [5.41, 5.74) is -0.00377. The molecule has 132 valence electrons. The van der Waals surface area contributed by atoms with Crippen molar-refractivity contribution in [2.24, 2.45) is 0 Å². The van der Waals surface area contributed by atoms with Crippen LogP contribution in [0.15, 0.2) is 24.3 Å². The Hall–Kier alpha value is -2.09. The zero-order valence-electron chi connectivity index (χ0n) is 13.1. The van der Waals surface area contributed by atoms with Crippen LogP contribution in [0.2, 0.25) is 0 Å². The summed E-state index contributed by atoms with van der Waals surface area (Å²) >= 11 is 0. The Morgan fingerprint density at radius 2 is 1.75 bits per heavy atom. The summed E-state index contributed by atoms with van der Waals surface area (Å²) in [7, 11) is 0. The van der Waals surface area contributed by atoms with E-state index in [9.17, 15) is 22.8 Å². The number of esters is 1. The number of carbonyl (C=O) groups is 2. The summed E-state index contributed by atoms with van der Waals surface area (Å²) in [6, 6.07) is 6.44. The fourth-order valence-electron chi connectivity index (χ4n) is 2.58. The molecule has 0 atom stereocenters. The van der Waals surface area contributed by atoms with Crippen LogP contribution >= 0.6 is 0 Å². The van der Waals surface area contributed by atoms with E-state index in [2.05, 4.69) is 4.74 Å². The molecule has 1 aromatic rings. The van der Waals surface area contributed by atoms with E-state index in [1.807, 2.05) is 4.90 Å². The summed E-state index contributed by atoms with van der Waals surface area (Å²) in [4.78, 5) is 23.8. The van der Waals surface area contributed by atoms with Crippen molar-refractivity contribution in [1.82, 2.24) is 4.90 Å². The molecule has 0 amide bonds. The first kappa shape index (κ1) is 18.3. The number of alkyl halides is 3. The molecule has 8 heteroatoms. The maximum Gasteiger partial charge on any atom is 0.490 e. The van der Waals surface area contributed by atoms with Crippen molar-refractivity contribution < 1.29 is 32.6 Å². The van der Waals surface area contributed by atoms with Crippen LogP contribution in [0.4, 0.5) is 13.2 Å². The van der Waals surface area contributed by atoms with Gasteiger partial charge < -0.3 is 9.84 Å². The standard InChI is InChI=1S/C16H18F3NO4/c1-15(24-14(23)16(17,18)19)6-8-20(9-7-15)10-11-2-4-12(5-3-11)13(21)22/h2-5H,6-10H2,1H3,(H,21,22). The van der Waals surface area contributed by atoms with Gasteiger partial charge in [0.05, 0.1) is 5.56 Å². The van der Waals surface area contributed by atoms with Crippen molar-refractivity contribution in [1.29, 1.82) is 0 Å². The summed E-state index contributed by atoms with van der Waals surface area (Å²) < 4.78 is 41.5. The zero-order chi connectivity index (χ0) is 18.0. The third kappa shape index (κ3) is 4.70. The number of piperidine rings is 1. The molecule has 1 aliphatic rings. The summed E-state index contributed by atoms with van der Waals surface area (Å²) in [5.74, 6) is -3.15. The Kier molecular flexibility index (Phi) is 5.17. The van der Waals surface area contributed by atoms with Crippen LogP contribution in [0.25, 0.3) is 0 Å². The van der Waals surface area contributed by atoms with Gasteiger partial charge in [0.1, 0.15) is 5.60 Å². The molecule has 1 N–H and O–H groups in total. The Labute approximate surface area is 137 Å². The Morgan fingerprint density at radius 1 is 1.21 bits per heavy atom. The fourth-order valence-corrected chi connectivity index (χ4v) is 2.58. The van der Waals surface area contributed by atoms with E-state index in [4.69, 9.17) is 5.11 Å². The number of aromatic carboxylic acids is 1. The first-order valence-corrected chi connectivity index (χ1v) is 7.44. The molecular weight excluding hydrogens is 327 g/mol. The predicted octanol–water partition coefficient (Wildman–Crippen LogP) is 2.84. The second-order valence-electron chi connectivity index (χ2n) is 6.12. The zero-order valence-corrected chi connectivity index (χ0v) is 13.1. The van der Waals surface area contributed by atoms with Crippen LogP contribution in [-0.4, -0.2) is 46.8 Å². The van der Waals surface area contributed by atoms with E-state index in [1.54, 1.807) is 12.1 Å². The SMILES string of the molecule is CC1(OC(=O)C(F)(F)F)CCN(Cc2ccc(C(=O)O)cc2)CC1. The lowest BCUT2D eigenvalue weighted by Crippen LogP contribution is -2.46. The molecule has 5 nitrogen and oxygen atoms in total. The van der Waals surface area contributed by atoms with E-state index in [0.717, 1.165) is 5.56 Å². The highest BCUT2D eigenvalue weighted by atomic mass is 19.4. The van der Waals surface area contributed by atoms with Gasteiger partial charge >= 0.3 is 18.1 Å². The largest absolute Gasteiger partial charge is 0.490 e. The second kappa shape index (κ2) is 6.80. The molecule has 1 fully saturated rings. The minimum atomic E-state index is -4.98. The van der Waals surface area contributed by atoms with Crippen LogP contribution in [0, 0.1) is 0 Å². The number of benzene rings is 1. The highest BCUT2D eigenvalue weighted by Gasteiger charge is 2.45. The van der Waals surface area contributed by atoms with Gasteiger partial charge in [-0.05, 0) is 37.5 Å². The lowest BCUT2D eigenvalue weighted by molar-refractivity contribution is -0.216. The van der Waals surface area contributed by atoms with Crippen LogP contribution < -0.4 is 0 Å². The van der Waals surface area contributed by atoms with E-state index in [0.29, 0.717) is 32.5 Å². The number of hydrogen-bond donors (Lipinski definition) is 1. The van der Waals surface area contributed by atoms with Crippen LogP contribution in [0.5, 0.6) is 0 Å². The van der Waals surface area contributed by atoms with Gasteiger partial charge in [0, 0.05) is 19.6 Å². The molecule has 1 aliphatic heterocycles. The van der Waals surface area contributed by atoms with Gasteiger partial charge in [0.25, 0.3) is 0 Å². The molecule has 0 saturated carbocycles. The van der Waals surface area contributed by atoms with E-state index < -0.39 is 23.7 Å². The number of ether oxygens (including phenoxy) is 1. The van der Waals surface area contributed by atoms with Crippen molar-refractivity contribution >= 4 is 11.9 Å². The number of likely N-dealkylation sites (tertiary alicyclic amines) is 1. The number of hydrogen-bond acceptors (Lipinski definition) is 4. The predicted molar refractivity (Wildman–Crippen MR) is 78.5 cm³/mol. The molecule has 0 aromatic heterocycles. The molecule has 24 heavy (non-hydrogen) atoms. The third-order valence-electron chi connectivity index (χ3n) is 4.09. The minimum absolute atomic E-state index is 0.198. The Balaban J connectivity index is 1.88. The molecule has 1 heterocycles. The monoisotopic (exact) mass is 345 g/mol. The van der Waals surface area contributed by atoms with E-state index >= 15 is 0 Å². The van der Waals surface area contributed by atoms with Gasteiger partial charge in [-0.25, -0.2) is 9.59 Å². The molecule has 0 aliphatic carbocycles.